The second kappa shape index (κ2) is 12.4. The fourth-order valence-corrected chi connectivity index (χ4v) is 4.55. The standard InChI is InChI=1S/C17H30O4.C8H6O4/c1-16(2,3)12-13(8-9-14(18)19)17(15(20)21)10-6-4-5-7-11-17;9-7(10)5-2-1-3-6(4-5)8(11)12/h13H,4-12H2,1-3H3,(H,18,19)(H,20,21);1-4H,(H,9,10)(H,11,12). The summed E-state index contributed by atoms with van der Waals surface area (Å²) in [7, 11) is 0. The lowest BCUT2D eigenvalue weighted by Gasteiger charge is -2.40. The monoisotopic (exact) mass is 464 g/mol. The van der Waals surface area contributed by atoms with E-state index < -0.39 is 29.3 Å². The molecule has 1 aliphatic carbocycles. The molecule has 1 atom stereocenters. The van der Waals surface area contributed by atoms with Crippen molar-refractivity contribution in [2.45, 2.75) is 78.6 Å². The van der Waals surface area contributed by atoms with E-state index in [1.54, 1.807) is 0 Å². The molecule has 8 heteroatoms. The Labute approximate surface area is 194 Å². The van der Waals surface area contributed by atoms with E-state index in [9.17, 15) is 24.3 Å². The second-order valence-electron chi connectivity index (χ2n) is 9.96. The van der Waals surface area contributed by atoms with E-state index in [0.717, 1.165) is 38.2 Å². The average Bonchev–Trinajstić information content (AvgIpc) is 2.98. The molecule has 1 unspecified atom stereocenters. The Hall–Kier alpha value is -2.90. The fourth-order valence-electron chi connectivity index (χ4n) is 4.55. The first-order valence-corrected chi connectivity index (χ1v) is 11.3. The smallest absolute Gasteiger partial charge is 0.335 e. The van der Waals surface area contributed by atoms with Crippen molar-refractivity contribution >= 4 is 23.9 Å². The summed E-state index contributed by atoms with van der Waals surface area (Å²) in [6.45, 7) is 6.31. The Morgan fingerprint density at radius 2 is 1.36 bits per heavy atom. The maximum Gasteiger partial charge on any atom is 0.335 e. The SMILES string of the molecule is CC(C)(C)CC(CCC(=O)O)C1(C(=O)O)CCCCCC1.O=C(O)c1cccc(C(=O)O)c1. The first kappa shape index (κ1) is 28.1. The number of rotatable bonds is 8. The summed E-state index contributed by atoms with van der Waals surface area (Å²) < 4.78 is 0. The molecule has 0 aromatic heterocycles. The van der Waals surface area contributed by atoms with Gasteiger partial charge < -0.3 is 20.4 Å². The van der Waals surface area contributed by atoms with Gasteiger partial charge in [0.15, 0.2) is 0 Å². The summed E-state index contributed by atoms with van der Waals surface area (Å²) in [6.07, 6.45) is 6.78. The van der Waals surface area contributed by atoms with Gasteiger partial charge in [0.1, 0.15) is 0 Å². The molecule has 2 rings (SSSR count). The number of hydrogen-bond acceptors (Lipinski definition) is 4. The zero-order chi connectivity index (χ0) is 25.2. The Morgan fingerprint density at radius 3 is 1.73 bits per heavy atom. The van der Waals surface area contributed by atoms with Gasteiger partial charge in [0.05, 0.1) is 16.5 Å². The molecule has 0 bridgehead atoms. The van der Waals surface area contributed by atoms with E-state index in [1.165, 1.54) is 18.2 Å². The molecular formula is C25H36O8. The molecule has 1 aromatic carbocycles. The van der Waals surface area contributed by atoms with Crippen LogP contribution >= 0.6 is 0 Å². The number of carboxylic acid groups (broad SMARTS) is 4. The lowest BCUT2D eigenvalue weighted by molar-refractivity contribution is -0.156. The van der Waals surface area contributed by atoms with Crippen LogP contribution < -0.4 is 0 Å². The molecule has 0 saturated heterocycles. The maximum atomic E-state index is 12.1. The van der Waals surface area contributed by atoms with E-state index in [4.69, 9.17) is 15.3 Å². The minimum Gasteiger partial charge on any atom is -0.481 e. The van der Waals surface area contributed by atoms with Crippen LogP contribution in [0.4, 0.5) is 0 Å². The van der Waals surface area contributed by atoms with Crippen molar-refractivity contribution in [3.63, 3.8) is 0 Å². The molecule has 184 valence electrons. The third kappa shape index (κ3) is 9.24. The largest absolute Gasteiger partial charge is 0.481 e. The normalized spacial score (nSPS) is 16.5. The summed E-state index contributed by atoms with van der Waals surface area (Å²) in [5.74, 6) is -3.85. The number of aliphatic carboxylic acids is 2. The summed E-state index contributed by atoms with van der Waals surface area (Å²) in [5.41, 5.74) is -0.748. The van der Waals surface area contributed by atoms with E-state index in [1.807, 2.05) is 0 Å². The molecule has 1 fully saturated rings. The Bertz CT molecular complexity index is 800. The predicted molar refractivity (Wildman–Crippen MR) is 123 cm³/mol. The molecule has 0 amide bonds. The van der Waals surface area contributed by atoms with Gasteiger partial charge in [-0.25, -0.2) is 9.59 Å². The Balaban J connectivity index is 0.000000383. The van der Waals surface area contributed by atoms with Gasteiger partial charge >= 0.3 is 23.9 Å². The van der Waals surface area contributed by atoms with Crippen LogP contribution in [0.5, 0.6) is 0 Å². The van der Waals surface area contributed by atoms with E-state index in [-0.39, 0.29) is 28.9 Å². The lowest BCUT2D eigenvalue weighted by Crippen LogP contribution is -2.40. The van der Waals surface area contributed by atoms with E-state index >= 15 is 0 Å². The van der Waals surface area contributed by atoms with Gasteiger partial charge in [-0.1, -0.05) is 52.5 Å². The molecule has 0 heterocycles. The van der Waals surface area contributed by atoms with Crippen molar-refractivity contribution < 1.29 is 39.6 Å². The predicted octanol–water partition coefficient (Wildman–Crippen LogP) is 5.41. The van der Waals surface area contributed by atoms with Gasteiger partial charge in [-0.15, -0.1) is 0 Å². The highest BCUT2D eigenvalue weighted by Crippen LogP contribution is 2.48. The Kier molecular flexibility index (Phi) is 10.5. The van der Waals surface area contributed by atoms with Gasteiger partial charge in [0.25, 0.3) is 0 Å². The van der Waals surface area contributed by atoms with E-state index in [0.29, 0.717) is 19.3 Å². The van der Waals surface area contributed by atoms with Crippen LogP contribution in [0.15, 0.2) is 24.3 Å². The number of carbonyl (C=O) groups is 4. The van der Waals surface area contributed by atoms with Gasteiger partial charge in [-0.05, 0) is 55.2 Å². The van der Waals surface area contributed by atoms with Crippen molar-refractivity contribution in [1.82, 2.24) is 0 Å². The highest BCUT2D eigenvalue weighted by atomic mass is 16.4. The molecule has 0 spiro atoms. The first-order valence-electron chi connectivity index (χ1n) is 11.3. The van der Waals surface area contributed by atoms with Crippen molar-refractivity contribution in [2.24, 2.45) is 16.7 Å². The van der Waals surface area contributed by atoms with Crippen LogP contribution in [0.3, 0.4) is 0 Å². The topological polar surface area (TPSA) is 149 Å². The molecular weight excluding hydrogens is 428 g/mol. The molecule has 1 saturated carbocycles. The molecule has 4 N–H and O–H groups in total. The molecule has 1 aromatic rings. The number of aromatic carboxylic acids is 2. The number of benzene rings is 1. The van der Waals surface area contributed by atoms with Crippen molar-refractivity contribution in [3.8, 4) is 0 Å². The van der Waals surface area contributed by atoms with Gasteiger partial charge in [0, 0.05) is 6.42 Å². The van der Waals surface area contributed by atoms with Crippen LogP contribution in [-0.4, -0.2) is 44.3 Å². The third-order valence-electron chi connectivity index (χ3n) is 6.13. The molecule has 0 aliphatic heterocycles. The van der Waals surface area contributed by atoms with E-state index in [2.05, 4.69) is 20.8 Å². The average molecular weight is 465 g/mol. The highest BCUT2D eigenvalue weighted by molar-refractivity contribution is 5.93. The Morgan fingerprint density at radius 1 is 0.879 bits per heavy atom. The summed E-state index contributed by atoms with van der Waals surface area (Å²) in [6, 6.07) is 5.20. The molecule has 0 radical (unpaired) electrons. The van der Waals surface area contributed by atoms with Crippen molar-refractivity contribution in [1.29, 1.82) is 0 Å². The van der Waals surface area contributed by atoms with Crippen LogP contribution in [0, 0.1) is 16.7 Å². The number of hydrogen-bond donors (Lipinski definition) is 4. The van der Waals surface area contributed by atoms with Gasteiger partial charge in [0.2, 0.25) is 0 Å². The number of carboxylic acids is 4. The summed E-state index contributed by atoms with van der Waals surface area (Å²) in [5, 5.41) is 35.9. The lowest BCUT2D eigenvalue weighted by atomic mass is 9.63. The fraction of sp³-hybridized carbons (Fsp3) is 0.600. The molecule has 33 heavy (non-hydrogen) atoms. The first-order chi connectivity index (χ1) is 15.3. The summed E-state index contributed by atoms with van der Waals surface area (Å²) in [4.78, 5) is 43.8. The van der Waals surface area contributed by atoms with Gasteiger partial charge in [-0.3, -0.25) is 9.59 Å². The van der Waals surface area contributed by atoms with Gasteiger partial charge in [-0.2, -0.15) is 0 Å². The van der Waals surface area contributed by atoms with Crippen molar-refractivity contribution in [2.75, 3.05) is 0 Å². The molecule has 8 nitrogen and oxygen atoms in total. The minimum absolute atomic E-state index is 0.0118. The highest BCUT2D eigenvalue weighted by Gasteiger charge is 2.46. The quantitative estimate of drug-likeness (QED) is 0.373. The molecule has 1 aliphatic rings. The zero-order valence-electron chi connectivity index (χ0n) is 19.7. The van der Waals surface area contributed by atoms with Crippen LogP contribution in [0.2, 0.25) is 0 Å². The third-order valence-corrected chi connectivity index (χ3v) is 6.13. The van der Waals surface area contributed by atoms with Crippen LogP contribution in [0.25, 0.3) is 0 Å². The summed E-state index contributed by atoms with van der Waals surface area (Å²) >= 11 is 0. The second-order valence-corrected chi connectivity index (χ2v) is 9.96. The maximum absolute atomic E-state index is 12.1. The zero-order valence-corrected chi connectivity index (χ0v) is 19.7. The van der Waals surface area contributed by atoms with Crippen LogP contribution in [-0.2, 0) is 9.59 Å². The minimum atomic E-state index is -1.13. The van der Waals surface area contributed by atoms with Crippen molar-refractivity contribution in [3.05, 3.63) is 35.4 Å². The van der Waals surface area contributed by atoms with Crippen LogP contribution in [0.1, 0.15) is 99.3 Å².